The van der Waals surface area contributed by atoms with E-state index in [2.05, 4.69) is 34.6 Å². The molecule has 1 amide bonds. The Bertz CT molecular complexity index is 1020. The minimum Gasteiger partial charge on any atom is -0.348 e. The van der Waals surface area contributed by atoms with Gasteiger partial charge in [0.25, 0.3) is 0 Å². The third kappa shape index (κ3) is 5.45. The summed E-state index contributed by atoms with van der Waals surface area (Å²) in [6.07, 6.45) is 0. The number of rotatable bonds is 7. The van der Waals surface area contributed by atoms with Crippen molar-refractivity contribution in [3.05, 3.63) is 69.5 Å². The zero-order valence-electron chi connectivity index (χ0n) is 15.8. The molecule has 0 radical (unpaired) electrons. The Hall–Kier alpha value is -1.73. The van der Waals surface area contributed by atoms with E-state index in [1.54, 1.807) is 36.9 Å². The second-order valence-corrected chi connectivity index (χ2v) is 8.82. The normalized spacial score (nSPS) is 12.0. The van der Waals surface area contributed by atoms with Gasteiger partial charge in [0.2, 0.25) is 5.91 Å². The first-order valence-corrected chi connectivity index (χ1v) is 11.0. The van der Waals surface area contributed by atoms with Crippen molar-refractivity contribution >= 4 is 52.5 Å². The molecule has 0 saturated carbocycles. The zero-order valence-corrected chi connectivity index (χ0v) is 18.9. The molecule has 0 fully saturated rings. The predicted molar refractivity (Wildman–Crippen MR) is 119 cm³/mol. The monoisotopic (exact) mass is 468 g/mol. The van der Waals surface area contributed by atoms with E-state index in [4.69, 9.17) is 34.8 Å². The Morgan fingerprint density at radius 1 is 1.21 bits per heavy atom. The van der Waals surface area contributed by atoms with Crippen molar-refractivity contribution in [1.29, 1.82) is 0 Å². The number of thioether (sulfide) groups is 1. The molecule has 152 valence electrons. The first-order valence-electron chi connectivity index (χ1n) is 8.85. The lowest BCUT2D eigenvalue weighted by Gasteiger charge is -2.13. The molecule has 0 aliphatic carbocycles. The number of carbonyl (C=O) groups is 1. The zero-order chi connectivity index (χ0) is 21.0. The van der Waals surface area contributed by atoms with Crippen LogP contribution < -0.4 is 5.32 Å². The van der Waals surface area contributed by atoms with Crippen LogP contribution in [0, 0.1) is 6.92 Å². The predicted octanol–water partition coefficient (Wildman–Crippen LogP) is 5.42. The van der Waals surface area contributed by atoms with Gasteiger partial charge in [-0.3, -0.25) is 9.36 Å². The summed E-state index contributed by atoms with van der Waals surface area (Å²) in [6, 6.07) is 13.4. The molecule has 3 rings (SSSR count). The maximum absolute atomic E-state index is 11.9. The Labute approximate surface area is 188 Å². The summed E-state index contributed by atoms with van der Waals surface area (Å²) in [7, 11) is 0. The highest BCUT2D eigenvalue weighted by atomic mass is 35.5. The maximum atomic E-state index is 11.9. The van der Waals surface area contributed by atoms with Gasteiger partial charge in [0, 0.05) is 10.8 Å². The van der Waals surface area contributed by atoms with Crippen LogP contribution >= 0.6 is 46.6 Å². The van der Waals surface area contributed by atoms with E-state index in [1.807, 2.05) is 16.7 Å². The first kappa shape index (κ1) is 22.0. The van der Waals surface area contributed by atoms with E-state index < -0.39 is 5.38 Å². The van der Waals surface area contributed by atoms with Crippen LogP contribution in [0.4, 0.5) is 0 Å². The molecule has 0 aliphatic rings. The van der Waals surface area contributed by atoms with E-state index in [0.717, 1.165) is 5.75 Å². The van der Waals surface area contributed by atoms with Crippen LogP contribution in [-0.4, -0.2) is 26.0 Å². The van der Waals surface area contributed by atoms with E-state index in [9.17, 15) is 4.79 Å². The van der Waals surface area contributed by atoms with Crippen molar-refractivity contribution in [1.82, 2.24) is 20.1 Å². The van der Waals surface area contributed by atoms with Crippen LogP contribution in [0.1, 0.15) is 23.9 Å². The molecule has 1 atom stereocenters. The number of halogens is 3. The molecule has 0 bridgehead atoms. The Morgan fingerprint density at radius 2 is 1.97 bits per heavy atom. The minimum atomic E-state index is -0.639. The third-order valence-corrected chi connectivity index (χ3v) is 5.96. The molecular weight excluding hydrogens is 451 g/mol. The van der Waals surface area contributed by atoms with Crippen LogP contribution in [0.15, 0.2) is 47.6 Å². The average Bonchev–Trinajstić information content (AvgIpc) is 3.08. The smallest absolute Gasteiger partial charge is 0.238 e. The van der Waals surface area contributed by atoms with Crippen LogP contribution in [0.25, 0.3) is 5.69 Å². The molecule has 0 saturated heterocycles. The number of alkyl halides is 1. The number of hydrogen-bond acceptors (Lipinski definition) is 4. The van der Waals surface area contributed by atoms with Gasteiger partial charge in [-0.1, -0.05) is 59.2 Å². The lowest BCUT2D eigenvalue weighted by molar-refractivity contribution is -0.120. The standard InChI is InChI=1S/C20H19Cl3N4OS/c1-12-5-3-4-6-14(12)11-29-20-26-25-18(10-24-19(28)13(2)21)27(20)17-8-7-15(22)9-16(17)23/h3-9,13H,10-11H2,1-2H3,(H,24,28). The summed E-state index contributed by atoms with van der Waals surface area (Å²) in [5.74, 6) is 0.992. The van der Waals surface area contributed by atoms with Crippen molar-refractivity contribution in [2.75, 3.05) is 0 Å². The van der Waals surface area contributed by atoms with Crippen LogP contribution in [0.2, 0.25) is 10.0 Å². The highest BCUT2D eigenvalue weighted by Gasteiger charge is 2.19. The Kier molecular flexibility index (Phi) is 7.46. The second-order valence-electron chi connectivity index (χ2n) is 6.38. The van der Waals surface area contributed by atoms with Crippen LogP contribution in [-0.2, 0) is 17.1 Å². The van der Waals surface area contributed by atoms with Crippen molar-refractivity contribution in [2.24, 2.45) is 0 Å². The van der Waals surface area contributed by atoms with Crippen molar-refractivity contribution in [3.63, 3.8) is 0 Å². The molecule has 2 aromatic carbocycles. The minimum absolute atomic E-state index is 0.173. The summed E-state index contributed by atoms with van der Waals surface area (Å²) < 4.78 is 1.83. The molecule has 1 heterocycles. The molecule has 1 N–H and O–H groups in total. The molecule has 0 spiro atoms. The number of nitrogens with zero attached hydrogens (tertiary/aromatic N) is 3. The number of aryl methyl sites for hydroxylation is 1. The fourth-order valence-corrected chi connectivity index (χ4v) is 4.24. The van der Waals surface area contributed by atoms with Gasteiger partial charge in [-0.15, -0.1) is 21.8 Å². The van der Waals surface area contributed by atoms with Gasteiger partial charge in [-0.25, -0.2) is 0 Å². The summed E-state index contributed by atoms with van der Waals surface area (Å²) in [4.78, 5) is 11.9. The van der Waals surface area contributed by atoms with Crippen molar-refractivity contribution in [2.45, 2.75) is 36.7 Å². The highest BCUT2D eigenvalue weighted by molar-refractivity contribution is 7.98. The second kappa shape index (κ2) is 9.85. The van der Waals surface area contributed by atoms with Gasteiger partial charge in [0.05, 0.1) is 17.3 Å². The average molecular weight is 470 g/mol. The van der Waals surface area contributed by atoms with Gasteiger partial charge in [-0.2, -0.15) is 0 Å². The number of aromatic nitrogens is 3. The molecular formula is C20H19Cl3N4OS. The molecule has 29 heavy (non-hydrogen) atoms. The number of amides is 1. The highest BCUT2D eigenvalue weighted by Crippen LogP contribution is 2.31. The summed E-state index contributed by atoms with van der Waals surface area (Å²) in [5.41, 5.74) is 3.11. The fraction of sp³-hybridized carbons (Fsp3) is 0.250. The molecule has 1 unspecified atom stereocenters. The largest absolute Gasteiger partial charge is 0.348 e. The van der Waals surface area contributed by atoms with Gasteiger partial charge in [0.1, 0.15) is 5.38 Å². The topological polar surface area (TPSA) is 59.8 Å². The molecule has 0 aliphatic heterocycles. The van der Waals surface area contributed by atoms with E-state index in [1.165, 1.54) is 11.1 Å². The number of carbonyl (C=O) groups excluding carboxylic acids is 1. The van der Waals surface area contributed by atoms with Crippen molar-refractivity contribution < 1.29 is 4.79 Å². The summed E-state index contributed by atoms with van der Waals surface area (Å²) >= 11 is 19.9. The number of nitrogens with one attached hydrogen (secondary N) is 1. The molecule has 3 aromatic rings. The van der Waals surface area contributed by atoms with Gasteiger partial charge in [0.15, 0.2) is 11.0 Å². The number of hydrogen-bond donors (Lipinski definition) is 1. The van der Waals surface area contributed by atoms with Gasteiger partial charge in [-0.05, 0) is 43.2 Å². The van der Waals surface area contributed by atoms with Gasteiger partial charge >= 0.3 is 0 Å². The van der Waals surface area contributed by atoms with E-state index in [0.29, 0.717) is 26.7 Å². The molecule has 1 aromatic heterocycles. The first-order chi connectivity index (χ1) is 13.9. The van der Waals surface area contributed by atoms with Gasteiger partial charge < -0.3 is 5.32 Å². The Balaban J connectivity index is 1.93. The van der Waals surface area contributed by atoms with E-state index >= 15 is 0 Å². The SMILES string of the molecule is Cc1ccccc1CSc1nnc(CNC(=O)C(C)Cl)n1-c1ccc(Cl)cc1Cl. The quantitative estimate of drug-likeness (QED) is 0.371. The Morgan fingerprint density at radius 3 is 2.66 bits per heavy atom. The van der Waals surface area contributed by atoms with Crippen LogP contribution in [0.5, 0.6) is 0 Å². The summed E-state index contributed by atoms with van der Waals surface area (Å²) in [6.45, 7) is 3.86. The maximum Gasteiger partial charge on any atom is 0.238 e. The lowest BCUT2D eigenvalue weighted by Crippen LogP contribution is -2.30. The van der Waals surface area contributed by atoms with Crippen molar-refractivity contribution in [3.8, 4) is 5.69 Å². The van der Waals surface area contributed by atoms with E-state index in [-0.39, 0.29) is 12.5 Å². The van der Waals surface area contributed by atoms with Crippen LogP contribution in [0.3, 0.4) is 0 Å². The molecule has 9 heteroatoms. The fourth-order valence-electron chi connectivity index (χ4n) is 2.63. The number of benzene rings is 2. The lowest BCUT2D eigenvalue weighted by atomic mass is 10.1. The third-order valence-electron chi connectivity index (χ3n) is 4.25. The summed E-state index contributed by atoms with van der Waals surface area (Å²) in [5, 5.41) is 12.4. The molecule has 5 nitrogen and oxygen atoms in total.